The van der Waals surface area contributed by atoms with Crippen LogP contribution >= 0.6 is 11.6 Å². The molecule has 9 nitrogen and oxygen atoms in total. The molecule has 0 aromatic heterocycles. The maximum Gasteiger partial charge on any atom is 0.337 e. The fraction of sp³-hybridized carbons (Fsp3) is 0. The molecule has 2 N–H and O–H groups in total. The van der Waals surface area contributed by atoms with Gasteiger partial charge in [0.05, 0.1) is 26.5 Å². The molecule has 2 aromatic rings. The Morgan fingerprint density at radius 1 is 1.09 bits per heavy atom. The van der Waals surface area contributed by atoms with Gasteiger partial charge in [0.15, 0.2) is 0 Å². The minimum atomic E-state index is -1.21. The van der Waals surface area contributed by atoms with Crippen molar-refractivity contribution in [3.8, 4) is 0 Å². The molecular formula is C13H8ClN3O6. The SMILES string of the molecule is O=C(O)c1ccc(Nc2ccc([N+](=O)[O-])cc2[N+](=O)[O-])cc1Cl. The summed E-state index contributed by atoms with van der Waals surface area (Å²) in [5, 5.41) is 33.2. The van der Waals surface area contributed by atoms with Gasteiger partial charge in [-0.3, -0.25) is 20.2 Å². The highest BCUT2D eigenvalue weighted by Gasteiger charge is 2.20. The molecule has 0 aliphatic heterocycles. The molecule has 0 unspecified atom stereocenters. The van der Waals surface area contributed by atoms with E-state index in [1.54, 1.807) is 0 Å². The first-order valence-corrected chi connectivity index (χ1v) is 6.40. The molecule has 0 heterocycles. The van der Waals surface area contributed by atoms with Crippen molar-refractivity contribution in [2.75, 3.05) is 5.32 Å². The molecule has 0 aliphatic carbocycles. The molecule has 2 rings (SSSR count). The summed E-state index contributed by atoms with van der Waals surface area (Å²) in [4.78, 5) is 31.1. The lowest BCUT2D eigenvalue weighted by atomic mass is 10.2. The van der Waals surface area contributed by atoms with Gasteiger partial charge in [0, 0.05) is 11.8 Å². The Labute approximate surface area is 133 Å². The Bertz CT molecular complexity index is 823. The predicted octanol–water partition coefficient (Wildman–Crippen LogP) is 3.60. The second kappa shape index (κ2) is 6.28. The highest BCUT2D eigenvalue weighted by atomic mass is 35.5. The first-order valence-electron chi connectivity index (χ1n) is 6.02. The Morgan fingerprint density at radius 2 is 1.78 bits per heavy atom. The number of hydrogen-bond donors (Lipinski definition) is 2. The van der Waals surface area contributed by atoms with Gasteiger partial charge in [0.2, 0.25) is 0 Å². The van der Waals surface area contributed by atoms with Crippen molar-refractivity contribution in [1.29, 1.82) is 0 Å². The number of nitrogens with zero attached hydrogens (tertiary/aromatic N) is 2. The van der Waals surface area contributed by atoms with Crippen LogP contribution in [-0.4, -0.2) is 20.9 Å². The molecule has 0 bridgehead atoms. The third-order valence-electron chi connectivity index (χ3n) is 2.87. The van der Waals surface area contributed by atoms with Crippen LogP contribution in [0.4, 0.5) is 22.7 Å². The number of nitro benzene ring substituents is 2. The maximum absolute atomic E-state index is 11.0. The monoisotopic (exact) mass is 337 g/mol. The van der Waals surface area contributed by atoms with Crippen molar-refractivity contribution in [2.45, 2.75) is 0 Å². The van der Waals surface area contributed by atoms with Crippen molar-refractivity contribution in [2.24, 2.45) is 0 Å². The third kappa shape index (κ3) is 3.52. The largest absolute Gasteiger partial charge is 0.478 e. The lowest BCUT2D eigenvalue weighted by molar-refractivity contribution is -0.393. The first kappa shape index (κ1) is 16.2. The van der Waals surface area contributed by atoms with Gasteiger partial charge in [-0.05, 0) is 24.3 Å². The summed E-state index contributed by atoms with van der Waals surface area (Å²) in [7, 11) is 0. The average molecular weight is 338 g/mol. The van der Waals surface area contributed by atoms with E-state index in [1.807, 2.05) is 0 Å². The third-order valence-corrected chi connectivity index (χ3v) is 3.18. The van der Waals surface area contributed by atoms with Crippen molar-refractivity contribution < 1.29 is 19.7 Å². The Morgan fingerprint density at radius 3 is 2.30 bits per heavy atom. The Hall–Kier alpha value is -3.20. The van der Waals surface area contributed by atoms with Gasteiger partial charge in [-0.1, -0.05) is 11.6 Å². The Balaban J connectivity index is 2.40. The normalized spacial score (nSPS) is 10.1. The number of halogens is 1. The highest BCUT2D eigenvalue weighted by molar-refractivity contribution is 6.33. The van der Waals surface area contributed by atoms with E-state index < -0.39 is 27.2 Å². The number of carbonyl (C=O) groups is 1. The molecule has 0 saturated heterocycles. The van der Waals surface area contributed by atoms with E-state index in [9.17, 15) is 25.0 Å². The van der Waals surface area contributed by atoms with Gasteiger partial charge in [-0.15, -0.1) is 0 Å². The van der Waals surface area contributed by atoms with Crippen LogP contribution in [0, 0.1) is 20.2 Å². The summed E-state index contributed by atoms with van der Waals surface area (Å²) >= 11 is 5.82. The number of nitrogens with one attached hydrogen (secondary N) is 1. The van der Waals surface area contributed by atoms with E-state index in [4.69, 9.17) is 16.7 Å². The smallest absolute Gasteiger partial charge is 0.337 e. The predicted molar refractivity (Wildman–Crippen MR) is 81.4 cm³/mol. The molecular weight excluding hydrogens is 330 g/mol. The molecule has 23 heavy (non-hydrogen) atoms. The molecule has 10 heteroatoms. The number of carboxylic acid groups (broad SMARTS) is 1. The Kier molecular flexibility index (Phi) is 4.42. The number of nitro groups is 2. The highest BCUT2D eigenvalue weighted by Crippen LogP contribution is 2.32. The first-order chi connectivity index (χ1) is 10.8. The van der Waals surface area contributed by atoms with Gasteiger partial charge < -0.3 is 10.4 Å². The number of hydrogen-bond acceptors (Lipinski definition) is 6. The maximum atomic E-state index is 11.0. The van der Waals surface area contributed by atoms with Crippen LogP contribution in [-0.2, 0) is 0 Å². The lowest BCUT2D eigenvalue weighted by Gasteiger charge is -2.08. The van der Waals surface area contributed by atoms with Gasteiger partial charge in [0.25, 0.3) is 11.4 Å². The van der Waals surface area contributed by atoms with Gasteiger partial charge in [-0.25, -0.2) is 4.79 Å². The molecule has 0 aliphatic rings. The van der Waals surface area contributed by atoms with Gasteiger partial charge >= 0.3 is 5.97 Å². The second-order valence-electron chi connectivity index (χ2n) is 4.34. The lowest BCUT2D eigenvalue weighted by Crippen LogP contribution is -2.01. The number of anilines is 2. The molecule has 0 saturated carbocycles. The van der Waals surface area contributed by atoms with Crippen LogP contribution < -0.4 is 5.32 Å². The van der Waals surface area contributed by atoms with Crippen LogP contribution in [0.1, 0.15) is 10.4 Å². The summed E-state index contributed by atoms with van der Waals surface area (Å²) in [5.74, 6) is -1.21. The summed E-state index contributed by atoms with van der Waals surface area (Å²) in [6, 6.07) is 7.04. The minimum absolute atomic E-state index is 0.0136. The van der Waals surface area contributed by atoms with Crippen molar-refractivity contribution in [1.82, 2.24) is 0 Å². The minimum Gasteiger partial charge on any atom is -0.478 e. The summed E-state index contributed by atoms with van der Waals surface area (Å²) in [5.41, 5.74) is -0.703. The van der Waals surface area contributed by atoms with E-state index in [0.29, 0.717) is 5.69 Å². The van der Waals surface area contributed by atoms with Crippen LogP contribution in [0.25, 0.3) is 0 Å². The fourth-order valence-electron chi connectivity index (χ4n) is 1.81. The number of rotatable bonds is 5. The van der Waals surface area contributed by atoms with Crippen LogP contribution in [0.2, 0.25) is 5.02 Å². The van der Waals surface area contributed by atoms with Gasteiger partial charge in [-0.2, -0.15) is 0 Å². The van der Waals surface area contributed by atoms with Crippen molar-refractivity contribution in [3.63, 3.8) is 0 Å². The quantitative estimate of drug-likeness (QED) is 0.628. The molecule has 118 valence electrons. The molecule has 0 amide bonds. The van der Waals surface area contributed by atoms with E-state index >= 15 is 0 Å². The number of carboxylic acids is 1. The van der Waals surface area contributed by atoms with E-state index in [1.165, 1.54) is 24.3 Å². The second-order valence-corrected chi connectivity index (χ2v) is 4.75. The topological polar surface area (TPSA) is 136 Å². The van der Waals surface area contributed by atoms with E-state index in [-0.39, 0.29) is 16.3 Å². The molecule has 0 spiro atoms. The average Bonchev–Trinajstić information content (AvgIpc) is 2.46. The van der Waals surface area contributed by atoms with Crippen LogP contribution in [0.5, 0.6) is 0 Å². The summed E-state index contributed by atoms with van der Waals surface area (Å²) in [6.07, 6.45) is 0. The zero-order valence-electron chi connectivity index (χ0n) is 11.2. The standard InChI is InChI=1S/C13H8ClN3O6/c14-10-5-7(1-3-9(10)13(18)19)15-11-4-2-8(16(20)21)6-12(11)17(22)23/h1-6,15H,(H,18,19). The van der Waals surface area contributed by atoms with E-state index in [0.717, 1.165) is 12.1 Å². The number of benzene rings is 2. The number of non-ortho nitro benzene ring substituents is 1. The summed E-state index contributed by atoms with van der Waals surface area (Å²) < 4.78 is 0. The van der Waals surface area contributed by atoms with Crippen molar-refractivity contribution >= 4 is 40.3 Å². The van der Waals surface area contributed by atoms with Crippen molar-refractivity contribution in [3.05, 3.63) is 67.2 Å². The summed E-state index contributed by atoms with van der Waals surface area (Å²) in [6.45, 7) is 0. The molecule has 0 atom stereocenters. The van der Waals surface area contributed by atoms with Gasteiger partial charge in [0.1, 0.15) is 5.69 Å². The zero-order chi connectivity index (χ0) is 17.1. The van der Waals surface area contributed by atoms with E-state index in [2.05, 4.69) is 5.32 Å². The molecule has 0 radical (unpaired) electrons. The molecule has 2 aromatic carbocycles. The number of aromatic carboxylic acids is 1. The zero-order valence-corrected chi connectivity index (χ0v) is 12.0. The fourth-order valence-corrected chi connectivity index (χ4v) is 2.07. The molecule has 0 fully saturated rings. The van der Waals surface area contributed by atoms with Crippen LogP contribution in [0.15, 0.2) is 36.4 Å². The van der Waals surface area contributed by atoms with Crippen LogP contribution in [0.3, 0.4) is 0 Å².